The number of para-hydroxylation sites is 1. The van der Waals surface area contributed by atoms with E-state index in [0.717, 1.165) is 22.7 Å². The minimum Gasteiger partial charge on any atom is -0.310 e. The Kier molecular flexibility index (Phi) is 11.2. The van der Waals surface area contributed by atoms with Crippen molar-refractivity contribution in [3.05, 3.63) is 322 Å². The highest BCUT2D eigenvalue weighted by Gasteiger charge is 2.27. The molecule has 4 heteroatoms. The third-order valence-electron chi connectivity index (χ3n) is 19.0. The topological polar surface area (TPSA) is 13.1 Å². The van der Waals surface area contributed by atoms with E-state index in [2.05, 4.69) is 336 Å². The van der Waals surface area contributed by atoms with Gasteiger partial charge in [-0.2, -0.15) is 0 Å². The predicted octanol–water partition coefficient (Wildman–Crippen LogP) is 24.3. The molecule has 0 radical (unpaired) electrons. The van der Waals surface area contributed by atoms with E-state index in [4.69, 9.17) is 0 Å². The van der Waals surface area contributed by atoms with E-state index >= 15 is 0 Å². The van der Waals surface area contributed by atoms with Crippen molar-refractivity contribution in [3.63, 3.8) is 0 Å². The van der Waals surface area contributed by atoms with Gasteiger partial charge in [0, 0.05) is 70.2 Å². The fourth-order valence-corrected chi connectivity index (χ4v) is 16.4. The molecule has 90 heavy (non-hydrogen) atoms. The summed E-state index contributed by atoms with van der Waals surface area (Å²) >= 11 is 1.88. The summed E-state index contributed by atoms with van der Waals surface area (Å²) < 4.78 is 7.61. The van der Waals surface area contributed by atoms with Crippen LogP contribution in [-0.4, -0.2) is 9.13 Å². The van der Waals surface area contributed by atoms with Crippen molar-refractivity contribution in [2.24, 2.45) is 0 Å². The van der Waals surface area contributed by atoms with Gasteiger partial charge in [-0.15, -0.1) is 11.3 Å². The molecule has 2 aliphatic carbocycles. The van der Waals surface area contributed by atoms with Crippen LogP contribution in [0.1, 0.15) is 0 Å². The van der Waals surface area contributed by atoms with Crippen LogP contribution in [0.15, 0.2) is 322 Å². The van der Waals surface area contributed by atoms with Gasteiger partial charge in [-0.05, 0) is 179 Å². The molecule has 0 amide bonds. The van der Waals surface area contributed by atoms with E-state index in [1.165, 1.54) is 158 Å². The summed E-state index contributed by atoms with van der Waals surface area (Å²) in [6.07, 6.45) is 0. The van der Waals surface area contributed by atoms with Gasteiger partial charge < -0.3 is 14.0 Å². The Morgan fingerprint density at radius 1 is 0.222 bits per heavy atom. The minimum atomic E-state index is 1.11. The van der Waals surface area contributed by atoms with Crippen LogP contribution in [0.4, 0.5) is 17.1 Å². The molecule has 0 saturated heterocycles. The van der Waals surface area contributed by atoms with Gasteiger partial charge >= 0.3 is 0 Å². The van der Waals surface area contributed by atoms with Crippen molar-refractivity contribution in [1.29, 1.82) is 0 Å². The zero-order valence-electron chi connectivity index (χ0n) is 48.8. The fraction of sp³-hybridized carbons (Fsp3) is 0. The molecule has 0 unspecified atom stereocenters. The van der Waals surface area contributed by atoms with Crippen LogP contribution in [-0.2, 0) is 0 Å². The van der Waals surface area contributed by atoms with Crippen LogP contribution in [0.25, 0.3) is 163 Å². The van der Waals surface area contributed by atoms with Crippen molar-refractivity contribution in [3.8, 4) is 78.1 Å². The Morgan fingerprint density at radius 2 is 0.633 bits per heavy atom. The maximum Gasteiger partial charge on any atom is 0.0548 e. The summed E-state index contributed by atoms with van der Waals surface area (Å²) in [6.45, 7) is 0. The lowest BCUT2D eigenvalue weighted by Crippen LogP contribution is -2.10. The van der Waals surface area contributed by atoms with Crippen LogP contribution in [0.3, 0.4) is 0 Å². The van der Waals surface area contributed by atoms with Crippen LogP contribution in [0.5, 0.6) is 0 Å². The van der Waals surface area contributed by atoms with E-state index in [-0.39, 0.29) is 0 Å². The van der Waals surface area contributed by atoms with Crippen LogP contribution in [0.2, 0.25) is 0 Å². The van der Waals surface area contributed by atoms with E-state index in [1.54, 1.807) is 0 Å². The third kappa shape index (κ3) is 7.59. The molecule has 0 spiro atoms. The molecule has 0 fully saturated rings. The zero-order valence-corrected chi connectivity index (χ0v) is 49.7. The molecule has 3 nitrogen and oxygen atoms in total. The number of thiophene rings is 1. The highest BCUT2D eigenvalue weighted by atomic mass is 32.1. The first kappa shape index (κ1) is 50.6. The van der Waals surface area contributed by atoms with Gasteiger partial charge in [0.2, 0.25) is 0 Å². The maximum atomic E-state index is 2.48. The predicted molar refractivity (Wildman–Crippen MR) is 384 cm³/mol. The molecule has 18 aromatic rings. The van der Waals surface area contributed by atoms with E-state index < -0.39 is 0 Å². The quantitative estimate of drug-likeness (QED) is 0.155. The van der Waals surface area contributed by atoms with E-state index in [9.17, 15) is 0 Å². The van der Waals surface area contributed by atoms with Gasteiger partial charge in [0.05, 0.1) is 22.1 Å². The molecular weight excluding hydrogens is 1110 g/mol. The average Bonchev–Trinajstić information content (AvgIpc) is 1.56. The van der Waals surface area contributed by atoms with Gasteiger partial charge in [0.25, 0.3) is 0 Å². The lowest BCUT2D eigenvalue weighted by Gasteiger charge is -2.26. The van der Waals surface area contributed by atoms with Crippen molar-refractivity contribution >= 4 is 114 Å². The largest absolute Gasteiger partial charge is 0.310 e. The van der Waals surface area contributed by atoms with Gasteiger partial charge in [-0.3, -0.25) is 0 Å². The Balaban J connectivity index is 0.000000131. The Labute approximate surface area is 524 Å². The zero-order chi connectivity index (χ0) is 59.0. The van der Waals surface area contributed by atoms with Crippen molar-refractivity contribution in [2.45, 2.75) is 0 Å². The number of rotatable bonds is 7. The lowest BCUT2D eigenvalue weighted by molar-refractivity contribution is 1.17. The summed E-state index contributed by atoms with van der Waals surface area (Å²) in [5.41, 5.74) is 25.9. The second kappa shape index (κ2) is 20.0. The number of hydrogen-bond acceptors (Lipinski definition) is 2. The third-order valence-corrected chi connectivity index (χ3v) is 20.1. The molecule has 15 aromatic carbocycles. The normalized spacial score (nSPS) is 12.0. The smallest absolute Gasteiger partial charge is 0.0548 e. The summed E-state index contributed by atoms with van der Waals surface area (Å²) in [7, 11) is 0. The molecule has 3 aromatic heterocycles. The van der Waals surface area contributed by atoms with E-state index in [0.29, 0.717) is 0 Å². The first-order valence-corrected chi connectivity index (χ1v) is 31.8. The monoisotopic (exact) mass is 1160 g/mol. The van der Waals surface area contributed by atoms with Gasteiger partial charge in [0.1, 0.15) is 0 Å². The first-order chi connectivity index (χ1) is 44.7. The fourth-order valence-electron chi connectivity index (χ4n) is 15.3. The number of benzene rings is 15. The summed E-state index contributed by atoms with van der Waals surface area (Å²) in [5, 5.41) is 13.2. The lowest BCUT2D eigenvalue weighted by atomic mass is 9.93. The molecule has 3 heterocycles. The summed E-state index contributed by atoms with van der Waals surface area (Å²) in [4.78, 5) is 2.36. The van der Waals surface area contributed by atoms with Crippen LogP contribution < -0.4 is 4.90 Å². The Hall–Kier alpha value is -11.6. The SMILES string of the molecule is c1cc(-c2cccc3sc4ccccc4c23)cc(-n2c3cccc4c3c3c5c(cccc5ccc32)-c2ccccc2-4)c1.c1ccc(-c2cccc(N(c3ccccc3)c3cccc(-n4c5cccc6c5c5c7c(cccc7ccc54)-c4ccccc4-6)c3)c2)cc1. The molecular formula is C86H53N3S. The standard InChI is InChI=1S/C46H30N2.C40H23NS/c1-3-13-31(14-4-1)33-16-9-19-35(29-33)47(34-17-5-2-6-18-34)36-20-11-21-37(30-36)48-42-26-12-25-41-39-23-8-7-22-38(39)40-24-10-15-32-27-28-43(48)46(44(32)40)45(41)42;1-2-13-29-28(12-1)30-16-6-9-24-21-22-34-40(37(24)30)39-31(29)17-7-18-33(39)41(34)26-11-5-10-25(23-26)27-15-8-20-36-38(27)32-14-3-4-19-35(32)42-36/h1-30H;1-23H. The number of fused-ring (bicyclic) bond motifs is 9. The van der Waals surface area contributed by atoms with Gasteiger partial charge in [-0.25, -0.2) is 0 Å². The number of anilines is 3. The molecule has 20 rings (SSSR count). The molecule has 0 N–H and O–H groups in total. The molecule has 0 bridgehead atoms. The van der Waals surface area contributed by atoms with Crippen LogP contribution >= 0.6 is 11.3 Å². The minimum absolute atomic E-state index is 1.11. The van der Waals surface area contributed by atoms with Crippen molar-refractivity contribution in [1.82, 2.24) is 9.13 Å². The second-order valence-electron chi connectivity index (χ2n) is 23.8. The van der Waals surface area contributed by atoms with Crippen molar-refractivity contribution < 1.29 is 0 Å². The highest BCUT2D eigenvalue weighted by Crippen LogP contribution is 2.52. The maximum absolute atomic E-state index is 2.48. The summed E-state index contributed by atoms with van der Waals surface area (Å²) in [6, 6.07) is 118. The molecule has 0 atom stereocenters. The van der Waals surface area contributed by atoms with Crippen molar-refractivity contribution in [2.75, 3.05) is 4.90 Å². The molecule has 0 saturated carbocycles. The molecule has 418 valence electrons. The number of aromatic nitrogens is 2. The number of nitrogens with zero attached hydrogens (tertiary/aromatic N) is 3. The van der Waals surface area contributed by atoms with Crippen LogP contribution in [0, 0.1) is 0 Å². The average molecular weight is 1160 g/mol. The second-order valence-corrected chi connectivity index (χ2v) is 24.9. The Bertz CT molecular complexity index is 5980. The Morgan fingerprint density at radius 3 is 1.26 bits per heavy atom. The molecule has 2 aliphatic rings. The van der Waals surface area contributed by atoms with Gasteiger partial charge in [0.15, 0.2) is 0 Å². The molecule has 0 aliphatic heterocycles. The highest BCUT2D eigenvalue weighted by molar-refractivity contribution is 7.26. The summed E-state index contributed by atoms with van der Waals surface area (Å²) in [5.74, 6) is 0. The first-order valence-electron chi connectivity index (χ1n) is 31.0. The van der Waals surface area contributed by atoms with E-state index in [1.807, 2.05) is 11.3 Å². The number of hydrogen-bond donors (Lipinski definition) is 0. The van der Waals surface area contributed by atoms with Gasteiger partial charge in [-0.1, -0.05) is 231 Å².